The molecule has 1 aliphatic heterocycles. The van der Waals surface area contributed by atoms with Gasteiger partial charge in [0.1, 0.15) is 0 Å². The van der Waals surface area contributed by atoms with Crippen LogP contribution in [-0.4, -0.2) is 23.3 Å². The van der Waals surface area contributed by atoms with E-state index in [4.69, 9.17) is 0 Å². The van der Waals surface area contributed by atoms with Crippen LogP contribution in [0.1, 0.15) is 23.2 Å². The topological polar surface area (TPSA) is 62.3 Å². The highest BCUT2D eigenvalue weighted by atomic mass is 16.2. The van der Waals surface area contributed by atoms with Crippen molar-refractivity contribution < 1.29 is 9.59 Å². The van der Waals surface area contributed by atoms with Crippen molar-refractivity contribution >= 4 is 23.2 Å². The Labute approximate surface area is 122 Å². The van der Waals surface area contributed by atoms with Gasteiger partial charge in [-0.05, 0) is 36.8 Å². The second-order valence-electron chi connectivity index (χ2n) is 4.90. The van der Waals surface area contributed by atoms with Crippen molar-refractivity contribution in [3.63, 3.8) is 0 Å². The van der Waals surface area contributed by atoms with E-state index in [0.717, 1.165) is 12.1 Å². The molecule has 0 saturated carbocycles. The maximum Gasteiger partial charge on any atom is 0.255 e. The number of benzene rings is 1. The molecule has 1 saturated heterocycles. The highest BCUT2D eigenvalue weighted by Crippen LogP contribution is 2.22. The zero-order valence-electron chi connectivity index (χ0n) is 11.5. The second kappa shape index (κ2) is 5.75. The van der Waals surface area contributed by atoms with Crippen LogP contribution in [0, 0.1) is 0 Å². The molecule has 0 bridgehead atoms. The Morgan fingerprint density at radius 2 is 2.14 bits per heavy atom. The maximum absolute atomic E-state index is 12.2. The number of carbonyl (C=O) groups is 2. The van der Waals surface area contributed by atoms with Gasteiger partial charge in [-0.25, -0.2) is 0 Å². The molecule has 1 fully saturated rings. The van der Waals surface area contributed by atoms with Crippen LogP contribution < -0.4 is 10.2 Å². The van der Waals surface area contributed by atoms with Gasteiger partial charge in [0.15, 0.2) is 0 Å². The van der Waals surface area contributed by atoms with Crippen molar-refractivity contribution in [3.05, 3.63) is 54.4 Å². The molecule has 2 aromatic rings. The van der Waals surface area contributed by atoms with Crippen LogP contribution >= 0.6 is 0 Å². The first-order valence-corrected chi connectivity index (χ1v) is 6.86. The Morgan fingerprint density at radius 1 is 1.24 bits per heavy atom. The van der Waals surface area contributed by atoms with Crippen molar-refractivity contribution in [1.29, 1.82) is 0 Å². The van der Waals surface area contributed by atoms with Gasteiger partial charge in [-0.3, -0.25) is 14.6 Å². The van der Waals surface area contributed by atoms with Crippen molar-refractivity contribution in [1.82, 2.24) is 4.98 Å². The SMILES string of the molecule is O=C(Nc1cccnc1)c1cccc(N2CCCC2=O)c1. The molecule has 106 valence electrons. The first kappa shape index (κ1) is 13.3. The number of rotatable bonds is 3. The molecule has 0 unspecified atom stereocenters. The zero-order chi connectivity index (χ0) is 14.7. The van der Waals surface area contributed by atoms with Crippen molar-refractivity contribution in [2.24, 2.45) is 0 Å². The molecule has 0 aliphatic carbocycles. The molecule has 2 heterocycles. The lowest BCUT2D eigenvalue weighted by molar-refractivity contribution is -0.117. The van der Waals surface area contributed by atoms with Gasteiger partial charge in [-0.1, -0.05) is 6.07 Å². The summed E-state index contributed by atoms with van der Waals surface area (Å²) in [5, 5.41) is 2.78. The quantitative estimate of drug-likeness (QED) is 0.940. The number of aromatic nitrogens is 1. The average Bonchev–Trinajstić information content (AvgIpc) is 2.94. The lowest BCUT2D eigenvalue weighted by atomic mass is 10.1. The summed E-state index contributed by atoms with van der Waals surface area (Å²) in [4.78, 5) is 29.7. The lowest BCUT2D eigenvalue weighted by Gasteiger charge is -2.16. The van der Waals surface area contributed by atoms with Crippen LogP contribution in [0.25, 0.3) is 0 Å². The Bertz CT molecular complexity index is 670. The van der Waals surface area contributed by atoms with E-state index in [2.05, 4.69) is 10.3 Å². The molecule has 21 heavy (non-hydrogen) atoms. The van der Waals surface area contributed by atoms with E-state index in [-0.39, 0.29) is 11.8 Å². The fourth-order valence-electron chi connectivity index (χ4n) is 2.38. The van der Waals surface area contributed by atoms with E-state index in [9.17, 15) is 9.59 Å². The Morgan fingerprint density at radius 3 is 2.86 bits per heavy atom. The van der Waals surface area contributed by atoms with Gasteiger partial charge in [-0.2, -0.15) is 0 Å². The molecular formula is C16H15N3O2. The third-order valence-electron chi connectivity index (χ3n) is 3.41. The molecule has 3 rings (SSSR count). The summed E-state index contributed by atoms with van der Waals surface area (Å²) in [6, 6.07) is 10.7. The third-order valence-corrected chi connectivity index (χ3v) is 3.41. The molecular weight excluding hydrogens is 266 g/mol. The summed E-state index contributed by atoms with van der Waals surface area (Å²) in [6.07, 6.45) is 4.68. The molecule has 1 N–H and O–H groups in total. The van der Waals surface area contributed by atoms with Crippen LogP contribution in [0.15, 0.2) is 48.8 Å². The predicted octanol–water partition coefficient (Wildman–Crippen LogP) is 2.46. The fraction of sp³-hybridized carbons (Fsp3) is 0.188. The first-order chi connectivity index (χ1) is 10.2. The van der Waals surface area contributed by atoms with Crippen LogP contribution in [-0.2, 0) is 4.79 Å². The predicted molar refractivity (Wildman–Crippen MR) is 80.2 cm³/mol. The van der Waals surface area contributed by atoms with Gasteiger partial charge < -0.3 is 10.2 Å². The number of anilines is 2. The third kappa shape index (κ3) is 2.91. The average molecular weight is 281 g/mol. The summed E-state index contributed by atoms with van der Waals surface area (Å²) < 4.78 is 0. The van der Waals surface area contributed by atoms with E-state index in [1.54, 1.807) is 47.6 Å². The smallest absolute Gasteiger partial charge is 0.255 e. The van der Waals surface area contributed by atoms with Crippen molar-refractivity contribution in [2.45, 2.75) is 12.8 Å². The van der Waals surface area contributed by atoms with E-state index >= 15 is 0 Å². The summed E-state index contributed by atoms with van der Waals surface area (Å²) >= 11 is 0. The van der Waals surface area contributed by atoms with Gasteiger partial charge in [0, 0.05) is 30.4 Å². The molecule has 0 radical (unpaired) electrons. The molecule has 1 aromatic heterocycles. The van der Waals surface area contributed by atoms with Gasteiger partial charge in [-0.15, -0.1) is 0 Å². The molecule has 0 atom stereocenters. The fourth-order valence-corrected chi connectivity index (χ4v) is 2.38. The summed E-state index contributed by atoms with van der Waals surface area (Å²) in [6.45, 7) is 0.715. The minimum Gasteiger partial charge on any atom is -0.321 e. The molecule has 1 aliphatic rings. The normalized spacial score (nSPS) is 14.3. The van der Waals surface area contributed by atoms with E-state index in [0.29, 0.717) is 24.2 Å². The maximum atomic E-state index is 12.2. The van der Waals surface area contributed by atoms with Gasteiger partial charge in [0.25, 0.3) is 5.91 Å². The second-order valence-corrected chi connectivity index (χ2v) is 4.90. The molecule has 1 aromatic carbocycles. The highest BCUT2D eigenvalue weighted by Gasteiger charge is 2.22. The Hall–Kier alpha value is -2.69. The summed E-state index contributed by atoms with van der Waals surface area (Å²) in [5.41, 5.74) is 1.94. The number of amides is 2. The Balaban J connectivity index is 1.79. The van der Waals surface area contributed by atoms with Crippen LogP contribution in [0.3, 0.4) is 0 Å². The van der Waals surface area contributed by atoms with Gasteiger partial charge in [0.05, 0.1) is 11.9 Å². The molecule has 2 amide bonds. The first-order valence-electron chi connectivity index (χ1n) is 6.86. The minimum absolute atomic E-state index is 0.111. The number of hydrogen-bond acceptors (Lipinski definition) is 3. The van der Waals surface area contributed by atoms with Crippen LogP contribution in [0.5, 0.6) is 0 Å². The number of carbonyl (C=O) groups excluding carboxylic acids is 2. The van der Waals surface area contributed by atoms with Crippen LogP contribution in [0.4, 0.5) is 11.4 Å². The monoisotopic (exact) mass is 281 g/mol. The number of nitrogens with zero attached hydrogens (tertiary/aromatic N) is 2. The highest BCUT2D eigenvalue weighted by molar-refractivity contribution is 6.05. The minimum atomic E-state index is -0.212. The largest absolute Gasteiger partial charge is 0.321 e. The van der Waals surface area contributed by atoms with E-state index in [1.807, 2.05) is 6.07 Å². The molecule has 5 heteroatoms. The lowest BCUT2D eigenvalue weighted by Crippen LogP contribution is -2.24. The van der Waals surface area contributed by atoms with Gasteiger partial charge in [0.2, 0.25) is 5.91 Å². The summed E-state index contributed by atoms with van der Waals surface area (Å²) in [7, 11) is 0. The summed E-state index contributed by atoms with van der Waals surface area (Å²) in [5.74, 6) is -0.101. The van der Waals surface area contributed by atoms with Gasteiger partial charge >= 0.3 is 0 Å². The number of pyridine rings is 1. The zero-order valence-corrected chi connectivity index (χ0v) is 11.5. The Kier molecular flexibility index (Phi) is 3.64. The number of hydrogen-bond donors (Lipinski definition) is 1. The van der Waals surface area contributed by atoms with Crippen molar-refractivity contribution in [2.75, 3.05) is 16.8 Å². The van der Waals surface area contributed by atoms with Crippen LogP contribution in [0.2, 0.25) is 0 Å². The standard InChI is InChI=1S/C16H15N3O2/c20-15-7-3-9-19(15)14-6-1-4-12(10-14)16(21)18-13-5-2-8-17-11-13/h1-2,4-6,8,10-11H,3,7,9H2,(H,18,21). The van der Waals surface area contributed by atoms with Crippen molar-refractivity contribution in [3.8, 4) is 0 Å². The molecule has 0 spiro atoms. The van der Waals surface area contributed by atoms with E-state index < -0.39 is 0 Å². The molecule has 5 nitrogen and oxygen atoms in total. The van der Waals surface area contributed by atoms with E-state index in [1.165, 1.54) is 0 Å². The number of nitrogens with one attached hydrogen (secondary N) is 1.